The van der Waals surface area contributed by atoms with Crippen molar-refractivity contribution < 1.29 is 5.11 Å². The fourth-order valence-corrected chi connectivity index (χ4v) is 2.79. The van der Waals surface area contributed by atoms with Gasteiger partial charge in [-0.3, -0.25) is 0 Å². The molecule has 0 bridgehead atoms. The fraction of sp³-hybridized carbons (Fsp3) is 0.0769. The van der Waals surface area contributed by atoms with Crippen LogP contribution in [0.5, 0.6) is 0 Å². The molecule has 88 valence electrons. The molecule has 2 aromatic carbocycles. The van der Waals surface area contributed by atoms with Crippen molar-refractivity contribution in [3.05, 3.63) is 66.1 Å². The van der Waals surface area contributed by atoms with Crippen LogP contribution in [0.3, 0.4) is 0 Å². The summed E-state index contributed by atoms with van der Waals surface area (Å²) >= 11 is 9.10. The molecule has 0 amide bonds. The van der Waals surface area contributed by atoms with E-state index >= 15 is 0 Å². The Morgan fingerprint density at radius 3 is 2.29 bits per heavy atom. The van der Waals surface area contributed by atoms with E-state index in [0.717, 1.165) is 23.6 Å². The van der Waals surface area contributed by atoms with Gasteiger partial charge in [-0.1, -0.05) is 44.0 Å². The third-order valence-corrected chi connectivity index (χ3v) is 4.36. The third-order valence-electron chi connectivity index (χ3n) is 2.44. The summed E-state index contributed by atoms with van der Waals surface area (Å²) in [6.45, 7) is 0. The zero-order chi connectivity index (χ0) is 12.4. The summed E-state index contributed by atoms with van der Waals surface area (Å²) < 4.78 is 3.04. The van der Waals surface area contributed by atoms with Gasteiger partial charge in [0.25, 0.3) is 0 Å². The maximum Gasteiger partial charge on any atom is 0.105 e. The molecule has 0 radical (unpaired) electrons. The lowest BCUT2D eigenvalue weighted by atomic mass is 10.0. The van der Waals surface area contributed by atoms with Crippen molar-refractivity contribution in [2.75, 3.05) is 0 Å². The van der Waals surface area contributed by atoms with Crippen LogP contribution in [0.15, 0.2) is 51.4 Å². The van der Waals surface area contributed by atoms with Crippen LogP contribution in [0, 0.1) is 3.57 Å². The molecular weight excluding hydrogens is 459 g/mol. The molecule has 4 heteroatoms. The Labute approximate surface area is 131 Å². The average Bonchev–Trinajstić information content (AvgIpc) is 2.32. The van der Waals surface area contributed by atoms with E-state index in [-0.39, 0.29) is 0 Å². The molecule has 0 aliphatic rings. The van der Waals surface area contributed by atoms with E-state index in [1.54, 1.807) is 0 Å². The van der Waals surface area contributed by atoms with E-state index in [4.69, 9.17) is 0 Å². The van der Waals surface area contributed by atoms with Crippen LogP contribution in [0.2, 0.25) is 0 Å². The molecule has 0 aliphatic heterocycles. The van der Waals surface area contributed by atoms with Gasteiger partial charge in [-0.15, -0.1) is 0 Å². The molecule has 0 aliphatic carbocycles. The van der Waals surface area contributed by atoms with E-state index in [0.29, 0.717) is 0 Å². The minimum absolute atomic E-state index is 0.604. The summed E-state index contributed by atoms with van der Waals surface area (Å²) in [5, 5.41) is 10.3. The normalized spacial score (nSPS) is 12.5. The van der Waals surface area contributed by atoms with E-state index in [9.17, 15) is 5.11 Å². The molecule has 0 saturated carbocycles. The number of hydrogen-bond acceptors (Lipinski definition) is 1. The monoisotopic (exact) mass is 466 g/mol. The fourth-order valence-electron chi connectivity index (χ4n) is 1.55. The quantitative estimate of drug-likeness (QED) is 0.623. The van der Waals surface area contributed by atoms with E-state index in [1.165, 1.54) is 0 Å². The van der Waals surface area contributed by atoms with Gasteiger partial charge in [-0.25, -0.2) is 0 Å². The minimum atomic E-state index is -0.604. The summed E-state index contributed by atoms with van der Waals surface area (Å²) in [7, 11) is 0. The molecule has 1 N–H and O–H groups in total. The molecule has 1 atom stereocenters. The standard InChI is InChI=1S/C13H9Br2IO/c14-9-3-1-8(2-4-9)13(17)11-7-10(16)5-6-12(11)15/h1-7,13,17H. The molecule has 17 heavy (non-hydrogen) atoms. The number of aliphatic hydroxyl groups excluding tert-OH is 1. The molecule has 0 saturated heterocycles. The zero-order valence-electron chi connectivity index (χ0n) is 8.70. The SMILES string of the molecule is OC(c1ccc(Br)cc1)c1cc(I)ccc1Br. The largest absolute Gasteiger partial charge is 0.384 e. The predicted molar refractivity (Wildman–Crippen MR) is 85.1 cm³/mol. The van der Waals surface area contributed by atoms with Gasteiger partial charge in [-0.05, 0) is 58.5 Å². The molecule has 0 spiro atoms. The topological polar surface area (TPSA) is 20.2 Å². The van der Waals surface area contributed by atoms with Gasteiger partial charge >= 0.3 is 0 Å². The van der Waals surface area contributed by atoms with Crippen molar-refractivity contribution >= 4 is 54.5 Å². The van der Waals surface area contributed by atoms with Crippen molar-refractivity contribution in [1.29, 1.82) is 0 Å². The third kappa shape index (κ3) is 3.30. The first kappa shape index (κ1) is 13.5. The maximum absolute atomic E-state index is 10.3. The summed E-state index contributed by atoms with van der Waals surface area (Å²) in [4.78, 5) is 0. The lowest BCUT2D eigenvalue weighted by Crippen LogP contribution is -2.00. The first-order valence-corrected chi connectivity index (χ1v) is 7.63. The Morgan fingerprint density at radius 2 is 1.65 bits per heavy atom. The number of aliphatic hydroxyl groups is 1. The highest BCUT2D eigenvalue weighted by Crippen LogP contribution is 2.30. The van der Waals surface area contributed by atoms with Crippen LogP contribution < -0.4 is 0 Å². The van der Waals surface area contributed by atoms with Crippen LogP contribution in [0.1, 0.15) is 17.2 Å². The van der Waals surface area contributed by atoms with Gasteiger partial charge in [0.05, 0.1) is 0 Å². The molecule has 0 heterocycles. The molecule has 1 nitrogen and oxygen atoms in total. The molecule has 0 aromatic heterocycles. The Balaban J connectivity index is 2.39. The van der Waals surface area contributed by atoms with E-state index in [1.807, 2.05) is 42.5 Å². The Hall–Kier alpha value is 0.0900. The van der Waals surface area contributed by atoms with Gasteiger partial charge < -0.3 is 5.11 Å². The van der Waals surface area contributed by atoms with Crippen LogP contribution >= 0.6 is 54.5 Å². The van der Waals surface area contributed by atoms with Crippen molar-refractivity contribution in [2.24, 2.45) is 0 Å². The second-order valence-electron chi connectivity index (χ2n) is 3.62. The molecule has 0 fully saturated rings. The van der Waals surface area contributed by atoms with Crippen LogP contribution in [-0.4, -0.2) is 5.11 Å². The average molecular weight is 468 g/mol. The number of benzene rings is 2. The van der Waals surface area contributed by atoms with Crippen LogP contribution in [-0.2, 0) is 0 Å². The Kier molecular flexibility index (Phi) is 4.63. The van der Waals surface area contributed by atoms with Crippen molar-refractivity contribution in [3.8, 4) is 0 Å². The number of halogens is 3. The predicted octanol–water partition coefficient (Wildman–Crippen LogP) is 4.90. The highest BCUT2D eigenvalue weighted by Gasteiger charge is 2.13. The molecular formula is C13H9Br2IO. The molecule has 2 rings (SSSR count). The summed E-state index contributed by atoms with van der Waals surface area (Å²) in [6.07, 6.45) is -0.604. The Morgan fingerprint density at radius 1 is 1.00 bits per heavy atom. The molecule has 1 unspecified atom stereocenters. The van der Waals surface area contributed by atoms with Gasteiger partial charge in [0.15, 0.2) is 0 Å². The summed E-state index contributed by atoms with van der Waals surface area (Å²) in [6, 6.07) is 13.6. The van der Waals surface area contributed by atoms with E-state index in [2.05, 4.69) is 54.5 Å². The second kappa shape index (κ2) is 5.82. The number of rotatable bonds is 2. The minimum Gasteiger partial charge on any atom is -0.384 e. The first-order chi connectivity index (χ1) is 8.08. The van der Waals surface area contributed by atoms with Crippen LogP contribution in [0.4, 0.5) is 0 Å². The zero-order valence-corrected chi connectivity index (χ0v) is 14.0. The number of hydrogen-bond donors (Lipinski definition) is 1. The Bertz CT molecular complexity index is 525. The maximum atomic E-state index is 10.3. The lowest BCUT2D eigenvalue weighted by molar-refractivity contribution is 0.219. The lowest BCUT2D eigenvalue weighted by Gasteiger charge is -2.14. The van der Waals surface area contributed by atoms with Gasteiger partial charge in [0.1, 0.15) is 6.10 Å². The summed E-state index contributed by atoms with van der Waals surface area (Å²) in [5.41, 5.74) is 1.77. The summed E-state index contributed by atoms with van der Waals surface area (Å²) in [5.74, 6) is 0. The highest BCUT2D eigenvalue weighted by molar-refractivity contribution is 14.1. The van der Waals surface area contributed by atoms with E-state index < -0.39 is 6.10 Å². The van der Waals surface area contributed by atoms with Gasteiger partial charge in [0.2, 0.25) is 0 Å². The highest BCUT2D eigenvalue weighted by atomic mass is 127. The van der Waals surface area contributed by atoms with Crippen LogP contribution in [0.25, 0.3) is 0 Å². The van der Waals surface area contributed by atoms with Crippen molar-refractivity contribution in [3.63, 3.8) is 0 Å². The first-order valence-electron chi connectivity index (χ1n) is 4.96. The second-order valence-corrected chi connectivity index (χ2v) is 6.64. The van der Waals surface area contributed by atoms with Gasteiger partial charge in [0, 0.05) is 18.1 Å². The smallest absolute Gasteiger partial charge is 0.105 e. The van der Waals surface area contributed by atoms with Crippen molar-refractivity contribution in [1.82, 2.24) is 0 Å². The molecule has 2 aromatic rings. The van der Waals surface area contributed by atoms with Gasteiger partial charge in [-0.2, -0.15) is 0 Å². The van der Waals surface area contributed by atoms with Crippen molar-refractivity contribution in [2.45, 2.75) is 6.10 Å².